The first kappa shape index (κ1) is 12.1. The molecule has 0 spiro atoms. The van der Waals surface area contributed by atoms with Crippen LogP contribution in [0.4, 0.5) is 0 Å². The number of carbonyl (C=O) groups is 1. The molecule has 0 aliphatic heterocycles. The van der Waals surface area contributed by atoms with Gasteiger partial charge < -0.3 is 5.32 Å². The monoisotopic (exact) mass is 259 g/mol. The molecule has 1 aliphatic rings. The van der Waals surface area contributed by atoms with E-state index in [1.807, 2.05) is 19.9 Å². The minimum atomic E-state index is -0.200. The number of rotatable bonds is 2. The molecule has 3 rings (SSSR count). The van der Waals surface area contributed by atoms with Crippen molar-refractivity contribution in [3.05, 3.63) is 23.3 Å². The third-order valence-corrected chi connectivity index (χ3v) is 3.51. The maximum atomic E-state index is 12.1. The van der Waals surface area contributed by atoms with Crippen LogP contribution in [0, 0.1) is 13.8 Å². The van der Waals surface area contributed by atoms with Crippen LogP contribution < -0.4 is 5.32 Å². The molecule has 1 N–H and O–H groups in total. The molecule has 1 aliphatic carbocycles. The summed E-state index contributed by atoms with van der Waals surface area (Å²) in [5, 5.41) is 7.21. The SMILES string of the molecule is Cc1cc(C)n2nc(C(=O)NC3CCCC3)nc2n1. The average Bonchev–Trinajstić information content (AvgIpc) is 2.97. The van der Waals surface area contributed by atoms with Gasteiger partial charge in [0.15, 0.2) is 0 Å². The van der Waals surface area contributed by atoms with Crippen LogP contribution >= 0.6 is 0 Å². The summed E-state index contributed by atoms with van der Waals surface area (Å²) in [7, 11) is 0. The van der Waals surface area contributed by atoms with Crippen molar-refractivity contribution in [1.29, 1.82) is 0 Å². The van der Waals surface area contributed by atoms with Crippen molar-refractivity contribution in [3.63, 3.8) is 0 Å². The zero-order valence-electron chi connectivity index (χ0n) is 11.2. The van der Waals surface area contributed by atoms with Crippen molar-refractivity contribution >= 4 is 11.7 Å². The molecule has 6 heteroatoms. The quantitative estimate of drug-likeness (QED) is 0.885. The van der Waals surface area contributed by atoms with E-state index in [2.05, 4.69) is 20.4 Å². The van der Waals surface area contributed by atoms with Gasteiger partial charge in [-0.15, -0.1) is 5.10 Å². The molecule has 0 aromatic carbocycles. The minimum Gasteiger partial charge on any atom is -0.347 e. The van der Waals surface area contributed by atoms with E-state index >= 15 is 0 Å². The molecule has 0 saturated heterocycles. The van der Waals surface area contributed by atoms with Crippen molar-refractivity contribution < 1.29 is 4.79 Å². The molecule has 0 unspecified atom stereocenters. The Bertz CT molecular complexity index is 627. The predicted octanol–water partition coefficient (Wildman–Crippen LogP) is 1.41. The normalized spacial score (nSPS) is 16.1. The number of hydrogen-bond acceptors (Lipinski definition) is 4. The molecule has 6 nitrogen and oxygen atoms in total. The van der Waals surface area contributed by atoms with Gasteiger partial charge in [-0.05, 0) is 32.8 Å². The van der Waals surface area contributed by atoms with E-state index in [0.29, 0.717) is 5.78 Å². The topological polar surface area (TPSA) is 72.2 Å². The molecule has 100 valence electrons. The largest absolute Gasteiger partial charge is 0.347 e. The summed E-state index contributed by atoms with van der Waals surface area (Å²) in [6.07, 6.45) is 4.47. The smallest absolute Gasteiger partial charge is 0.291 e. The Morgan fingerprint density at radius 1 is 1.32 bits per heavy atom. The molecule has 1 saturated carbocycles. The van der Waals surface area contributed by atoms with Gasteiger partial charge in [-0.2, -0.15) is 4.98 Å². The van der Waals surface area contributed by atoms with Crippen LogP contribution in [0.2, 0.25) is 0 Å². The fraction of sp³-hybridized carbons (Fsp3) is 0.538. The highest BCUT2D eigenvalue weighted by atomic mass is 16.2. The molecule has 1 fully saturated rings. The van der Waals surface area contributed by atoms with Gasteiger partial charge in [-0.3, -0.25) is 4.79 Å². The number of amides is 1. The molecule has 0 bridgehead atoms. The Morgan fingerprint density at radius 3 is 2.79 bits per heavy atom. The summed E-state index contributed by atoms with van der Waals surface area (Å²) in [6.45, 7) is 3.83. The molecule has 0 atom stereocenters. The fourth-order valence-corrected chi connectivity index (χ4v) is 2.58. The van der Waals surface area contributed by atoms with E-state index in [-0.39, 0.29) is 17.8 Å². The maximum Gasteiger partial charge on any atom is 0.291 e. The molecule has 19 heavy (non-hydrogen) atoms. The minimum absolute atomic E-state index is 0.200. The third-order valence-electron chi connectivity index (χ3n) is 3.51. The van der Waals surface area contributed by atoms with E-state index in [9.17, 15) is 4.79 Å². The number of aromatic nitrogens is 4. The van der Waals surface area contributed by atoms with Crippen molar-refractivity contribution in [2.75, 3.05) is 0 Å². The number of nitrogens with one attached hydrogen (secondary N) is 1. The van der Waals surface area contributed by atoms with E-state index in [4.69, 9.17) is 0 Å². The highest BCUT2D eigenvalue weighted by Gasteiger charge is 2.21. The van der Waals surface area contributed by atoms with Crippen LogP contribution in [0.1, 0.15) is 47.7 Å². The first-order valence-electron chi connectivity index (χ1n) is 6.65. The van der Waals surface area contributed by atoms with Gasteiger partial charge in [0.2, 0.25) is 5.82 Å². The van der Waals surface area contributed by atoms with Crippen molar-refractivity contribution in [3.8, 4) is 0 Å². The van der Waals surface area contributed by atoms with Gasteiger partial charge in [0.1, 0.15) is 0 Å². The van der Waals surface area contributed by atoms with E-state index in [1.165, 1.54) is 12.8 Å². The van der Waals surface area contributed by atoms with Crippen LogP contribution in [-0.2, 0) is 0 Å². The van der Waals surface area contributed by atoms with Crippen molar-refractivity contribution in [1.82, 2.24) is 24.9 Å². The predicted molar refractivity (Wildman–Crippen MR) is 70.0 cm³/mol. The van der Waals surface area contributed by atoms with E-state index in [1.54, 1.807) is 4.52 Å². The van der Waals surface area contributed by atoms with Crippen LogP contribution in [0.25, 0.3) is 5.78 Å². The molecule has 2 aromatic heterocycles. The summed E-state index contributed by atoms with van der Waals surface area (Å²) in [6, 6.07) is 2.19. The Morgan fingerprint density at radius 2 is 2.05 bits per heavy atom. The Balaban J connectivity index is 1.88. The van der Waals surface area contributed by atoms with Gasteiger partial charge in [0.05, 0.1) is 0 Å². The number of carbonyl (C=O) groups excluding carboxylic acids is 1. The van der Waals surface area contributed by atoms with Crippen molar-refractivity contribution in [2.45, 2.75) is 45.6 Å². The summed E-state index contributed by atoms with van der Waals surface area (Å²) in [5.74, 6) is 0.483. The summed E-state index contributed by atoms with van der Waals surface area (Å²) in [5.41, 5.74) is 1.80. The van der Waals surface area contributed by atoms with Crippen LogP contribution in [-0.4, -0.2) is 31.5 Å². The molecule has 1 amide bonds. The Hall–Kier alpha value is -1.98. The van der Waals surface area contributed by atoms with Crippen LogP contribution in [0.5, 0.6) is 0 Å². The third kappa shape index (κ3) is 2.30. The fourth-order valence-electron chi connectivity index (χ4n) is 2.58. The number of aryl methyl sites for hydroxylation is 2. The van der Waals surface area contributed by atoms with Gasteiger partial charge in [-0.1, -0.05) is 12.8 Å². The molecular weight excluding hydrogens is 242 g/mol. The zero-order valence-corrected chi connectivity index (χ0v) is 11.2. The Kier molecular flexibility index (Phi) is 2.93. The summed E-state index contributed by atoms with van der Waals surface area (Å²) < 4.78 is 1.61. The Labute approximate surface area is 111 Å². The first-order chi connectivity index (χ1) is 9.13. The lowest BCUT2D eigenvalue weighted by molar-refractivity contribution is 0.0927. The van der Waals surface area contributed by atoms with Crippen molar-refractivity contribution in [2.24, 2.45) is 0 Å². The number of fused-ring (bicyclic) bond motifs is 1. The number of hydrogen-bond donors (Lipinski definition) is 1. The average molecular weight is 259 g/mol. The maximum absolute atomic E-state index is 12.1. The number of nitrogens with zero attached hydrogens (tertiary/aromatic N) is 4. The second-order valence-corrected chi connectivity index (χ2v) is 5.14. The lowest BCUT2D eigenvalue weighted by atomic mass is 10.2. The van der Waals surface area contributed by atoms with Gasteiger partial charge in [-0.25, -0.2) is 9.50 Å². The van der Waals surface area contributed by atoms with Crippen LogP contribution in [0.3, 0.4) is 0 Å². The summed E-state index contributed by atoms with van der Waals surface area (Å²) >= 11 is 0. The summed E-state index contributed by atoms with van der Waals surface area (Å²) in [4.78, 5) is 20.6. The molecular formula is C13H17N5O. The van der Waals surface area contributed by atoms with Gasteiger partial charge in [0.25, 0.3) is 11.7 Å². The van der Waals surface area contributed by atoms with Gasteiger partial charge in [0, 0.05) is 17.4 Å². The van der Waals surface area contributed by atoms with Crippen LogP contribution in [0.15, 0.2) is 6.07 Å². The highest BCUT2D eigenvalue weighted by molar-refractivity contribution is 5.91. The molecule has 2 aromatic rings. The standard InChI is InChI=1S/C13H17N5O/c1-8-7-9(2)18-13(14-8)16-11(17-18)12(19)15-10-5-3-4-6-10/h7,10H,3-6H2,1-2H3,(H,15,19). The van der Waals surface area contributed by atoms with E-state index in [0.717, 1.165) is 24.2 Å². The first-order valence-corrected chi connectivity index (χ1v) is 6.65. The zero-order chi connectivity index (χ0) is 13.4. The lowest BCUT2D eigenvalue weighted by Gasteiger charge is -2.09. The highest BCUT2D eigenvalue weighted by Crippen LogP contribution is 2.17. The van der Waals surface area contributed by atoms with E-state index < -0.39 is 0 Å². The lowest BCUT2D eigenvalue weighted by Crippen LogP contribution is -2.33. The van der Waals surface area contributed by atoms with Gasteiger partial charge >= 0.3 is 0 Å². The second-order valence-electron chi connectivity index (χ2n) is 5.14. The molecule has 2 heterocycles. The molecule has 0 radical (unpaired) electrons. The second kappa shape index (κ2) is 4.60.